The Kier molecular flexibility index (Phi) is 2.58. The summed E-state index contributed by atoms with van der Waals surface area (Å²) in [6, 6.07) is 9.68. The molecule has 4 heteroatoms. The van der Waals surface area contributed by atoms with E-state index in [9.17, 15) is 0 Å². The summed E-state index contributed by atoms with van der Waals surface area (Å²) in [6.45, 7) is 0.764. The molecule has 1 heterocycles. The third kappa shape index (κ3) is 2.28. The Morgan fingerprint density at radius 2 is 2.00 bits per heavy atom. The molecule has 2 rings (SSSR count). The fourth-order valence-electron chi connectivity index (χ4n) is 1.37. The highest BCUT2D eigenvalue weighted by molar-refractivity contribution is 5.51. The fourth-order valence-corrected chi connectivity index (χ4v) is 1.37. The summed E-state index contributed by atoms with van der Waals surface area (Å²) in [7, 11) is 1.93. The van der Waals surface area contributed by atoms with Gasteiger partial charge in [-0.3, -0.25) is 4.68 Å². The van der Waals surface area contributed by atoms with Crippen LogP contribution in [0.15, 0.2) is 36.5 Å². The number of hydrogen-bond acceptors (Lipinski definition) is 3. The third-order valence-corrected chi connectivity index (χ3v) is 2.31. The van der Waals surface area contributed by atoms with Crippen LogP contribution in [0.3, 0.4) is 0 Å². The van der Waals surface area contributed by atoms with Crippen LogP contribution in [0.1, 0.15) is 5.69 Å². The average Bonchev–Trinajstić information content (AvgIpc) is 2.63. The van der Waals surface area contributed by atoms with Gasteiger partial charge in [-0.1, -0.05) is 0 Å². The standard InChI is InChI=1S/C11H14N4/c1-15-11(6-7-14-15)8-13-10-4-2-9(12)3-5-10/h2-7,13H,8,12H2,1H3. The molecule has 2 aromatic rings. The van der Waals surface area contributed by atoms with Gasteiger partial charge < -0.3 is 11.1 Å². The van der Waals surface area contributed by atoms with E-state index in [1.165, 1.54) is 0 Å². The second kappa shape index (κ2) is 4.04. The third-order valence-electron chi connectivity index (χ3n) is 2.31. The van der Waals surface area contributed by atoms with Gasteiger partial charge in [0.15, 0.2) is 0 Å². The highest BCUT2D eigenvalue weighted by atomic mass is 15.3. The molecule has 0 amide bonds. The van der Waals surface area contributed by atoms with Crippen LogP contribution in [-0.4, -0.2) is 9.78 Å². The Bertz CT molecular complexity index is 430. The monoisotopic (exact) mass is 202 g/mol. The Morgan fingerprint density at radius 3 is 2.60 bits per heavy atom. The van der Waals surface area contributed by atoms with E-state index in [2.05, 4.69) is 10.4 Å². The second-order valence-corrected chi connectivity index (χ2v) is 3.42. The molecule has 0 unspecified atom stereocenters. The van der Waals surface area contributed by atoms with E-state index in [-0.39, 0.29) is 0 Å². The molecule has 0 saturated heterocycles. The number of aromatic nitrogens is 2. The van der Waals surface area contributed by atoms with Crippen molar-refractivity contribution in [2.24, 2.45) is 7.05 Å². The minimum atomic E-state index is 0.764. The molecule has 0 fully saturated rings. The van der Waals surface area contributed by atoms with Crippen LogP contribution in [0.25, 0.3) is 0 Å². The van der Waals surface area contributed by atoms with Gasteiger partial charge in [0.05, 0.1) is 12.2 Å². The van der Waals surface area contributed by atoms with Crippen LogP contribution in [-0.2, 0) is 13.6 Å². The van der Waals surface area contributed by atoms with Crippen molar-refractivity contribution in [2.75, 3.05) is 11.1 Å². The molecule has 0 radical (unpaired) electrons. The quantitative estimate of drug-likeness (QED) is 0.743. The molecule has 0 aliphatic heterocycles. The Balaban J connectivity index is 1.99. The SMILES string of the molecule is Cn1nccc1CNc1ccc(N)cc1. The number of anilines is 2. The molecule has 1 aromatic heterocycles. The molecular formula is C11H14N4. The summed E-state index contributed by atoms with van der Waals surface area (Å²) in [5.74, 6) is 0. The number of benzene rings is 1. The van der Waals surface area contributed by atoms with E-state index in [1.54, 1.807) is 6.20 Å². The normalized spacial score (nSPS) is 10.2. The molecule has 0 atom stereocenters. The summed E-state index contributed by atoms with van der Waals surface area (Å²) in [6.07, 6.45) is 1.79. The highest BCUT2D eigenvalue weighted by Gasteiger charge is 1.97. The van der Waals surface area contributed by atoms with Crippen molar-refractivity contribution in [3.05, 3.63) is 42.2 Å². The van der Waals surface area contributed by atoms with Crippen molar-refractivity contribution < 1.29 is 0 Å². The van der Waals surface area contributed by atoms with Crippen molar-refractivity contribution in [3.8, 4) is 0 Å². The van der Waals surface area contributed by atoms with Gasteiger partial charge in [0.25, 0.3) is 0 Å². The zero-order valence-electron chi connectivity index (χ0n) is 8.64. The lowest BCUT2D eigenvalue weighted by molar-refractivity contribution is 0.720. The molecule has 1 aromatic carbocycles. The van der Waals surface area contributed by atoms with Gasteiger partial charge in [-0.25, -0.2) is 0 Å². The minimum Gasteiger partial charge on any atom is -0.399 e. The Labute approximate surface area is 88.7 Å². The predicted molar refractivity (Wildman–Crippen MR) is 61.4 cm³/mol. The summed E-state index contributed by atoms with van der Waals surface area (Å²) in [4.78, 5) is 0. The summed E-state index contributed by atoms with van der Waals surface area (Å²) >= 11 is 0. The number of nitrogen functional groups attached to an aromatic ring is 1. The number of hydrogen-bond donors (Lipinski definition) is 2. The maximum Gasteiger partial charge on any atom is 0.0571 e. The number of rotatable bonds is 3. The van der Waals surface area contributed by atoms with E-state index in [4.69, 9.17) is 5.73 Å². The summed E-state index contributed by atoms with van der Waals surface area (Å²) in [5.41, 5.74) is 8.58. The molecule has 3 N–H and O–H groups in total. The van der Waals surface area contributed by atoms with Gasteiger partial charge in [0.1, 0.15) is 0 Å². The molecule has 0 bridgehead atoms. The van der Waals surface area contributed by atoms with Crippen molar-refractivity contribution in [1.29, 1.82) is 0 Å². The largest absolute Gasteiger partial charge is 0.399 e. The van der Waals surface area contributed by atoms with E-state index >= 15 is 0 Å². The maximum atomic E-state index is 5.60. The molecule has 0 saturated carbocycles. The van der Waals surface area contributed by atoms with Gasteiger partial charge in [-0.15, -0.1) is 0 Å². The molecule has 78 valence electrons. The lowest BCUT2D eigenvalue weighted by atomic mass is 10.3. The lowest BCUT2D eigenvalue weighted by Gasteiger charge is -2.06. The van der Waals surface area contributed by atoms with E-state index in [0.29, 0.717) is 0 Å². The molecule has 0 aliphatic rings. The van der Waals surface area contributed by atoms with Crippen LogP contribution in [0, 0.1) is 0 Å². The van der Waals surface area contributed by atoms with Gasteiger partial charge in [-0.2, -0.15) is 5.10 Å². The van der Waals surface area contributed by atoms with E-state index in [0.717, 1.165) is 23.6 Å². The first-order chi connectivity index (χ1) is 7.25. The van der Waals surface area contributed by atoms with Crippen LogP contribution in [0.2, 0.25) is 0 Å². The zero-order valence-corrected chi connectivity index (χ0v) is 8.64. The topological polar surface area (TPSA) is 55.9 Å². The minimum absolute atomic E-state index is 0.764. The number of aryl methyl sites for hydroxylation is 1. The fraction of sp³-hybridized carbons (Fsp3) is 0.182. The summed E-state index contributed by atoms with van der Waals surface area (Å²) < 4.78 is 1.85. The van der Waals surface area contributed by atoms with Crippen molar-refractivity contribution in [3.63, 3.8) is 0 Å². The maximum absolute atomic E-state index is 5.60. The number of nitrogens with zero attached hydrogens (tertiary/aromatic N) is 2. The predicted octanol–water partition coefficient (Wildman–Crippen LogP) is 1.61. The van der Waals surface area contributed by atoms with Crippen LogP contribution >= 0.6 is 0 Å². The van der Waals surface area contributed by atoms with Crippen LogP contribution in [0.4, 0.5) is 11.4 Å². The van der Waals surface area contributed by atoms with Gasteiger partial charge in [0, 0.05) is 24.6 Å². The van der Waals surface area contributed by atoms with E-state index < -0.39 is 0 Å². The highest BCUT2D eigenvalue weighted by Crippen LogP contribution is 2.11. The Morgan fingerprint density at radius 1 is 1.27 bits per heavy atom. The van der Waals surface area contributed by atoms with Gasteiger partial charge in [0.2, 0.25) is 0 Å². The van der Waals surface area contributed by atoms with Crippen molar-refractivity contribution in [2.45, 2.75) is 6.54 Å². The van der Waals surface area contributed by atoms with Crippen molar-refractivity contribution in [1.82, 2.24) is 9.78 Å². The van der Waals surface area contributed by atoms with E-state index in [1.807, 2.05) is 42.1 Å². The van der Waals surface area contributed by atoms with Gasteiger partial charge >= 0.3 is 0 Å². The average molecular weight is 202 g/mol. The lowest BCUT2D eigenvalue weighted by Crippen LogP contribution is -2.05. The Hall–Kier alpha value is -1.97. The zero-order chi connectivity index (χ0) is 10.7. The second-order valence-electron chi connectivity index (χ2n) is 3.42. The smallest absolute Gasteiger partial charge is 0.0571 e. The van der Waals surface area contributed by atoms with Crippen LogP contribution in [0.5, 0.6) is 0 Å². The molecule has 15 heavy (non-hydrogen) atoms. The summed E-state index contributed by atoms with van der Waals surface area (Å²) in [5, 5.41) is 7.40. The first kappa shape index (κ1) is 9.58. The first-order valence-electron chi connectivity index (χ1n) is 4.82. The molecule has 4 nitrogen and oxygen atoms in total. The number of nitrogens with one attached hydrogen (secondary N) is 1. The van der Waals surface area contributed by atoms with Gasteiger partial charge in [-0.05, 0) is 30.3 Å². The molecular weight excluding hydrogens is 188 g/mol. The number of nitrogens with two attached hydrogens (primary N) is 1. The molecule has 0 spiro atoms. The first-order valence-corrected chi connectivity index (χ1v) is 4.82. The van der Waals surface area contributed by atoms with Crippen molar-refractivity contribution >= 4 is 11.4 Å². The van der Waals surface area contributed by atoms with Crippen LogP contribution < -0.4 is 11.1 Å². The molecule has 0 aliphatic carbocycles.